The van der Waals surface area contributed by atoms with Crippen LogP contribution in [0.2, 0.25) is 0 Å². The second-order valence-electron chi connectivity index (χ2n) is 2.45. The second-order valence-corrected chi connectivity index (χ2v) is 2.45. The van der Waals surface area contributed by atoms with Crippen LogP contribution >= 0.6 is 0 Å². The maximum absolute atomic E-state index is 3.25. The Morgan fingerprint density at radius 1 is 1.50 bits per heavy atom. The lowest BCUT2D eigenvalue weighted by atomic mass is 10.4. The summed E-state index contributed by atoms with van der Waals surface area (Å²) < 4.78 is 0. The zero-order valence-electron chi connectivity index (χ0n) is 6.57. The van der Waals surface area contributed by atoms with Crippen LogP contribution in [0, 0.1) is 6.92 Å². The molecular formula is C8H14N2. The van der Waals surface area contributed by atoms with Gasteiger partial charge < -0.3 is 10.3 Å². The van der Waals surface area contributed by atoms with E-state index in [9.17, 15) is 0 Å². The van der Waals surface area contributed by atoms with E-state index in [1.807, 2.05) is 0 Å². The van der Waals surface area contributed by atoms with Crippen LogP contribution in [0.3, 0.4) is 0 Å². The molecule has 2 heteroatoms. The molecule has 0 aliphatic heterocycles. The summed E-state index contributed by atoms with van der Waals surface area (Å²) in [6.45, 7) is 6.15. The highest BCUT2D eigenvalue weighted by Crippen LogP contribution is 1.98. The summed E-state index contributed by atoms with van der Waals surface area (Å²) in [6.07, 6.45) is 0. The van der Waals surface area contributed by atoms with Crippen LogP contribution in [0.4, 0.5) is 0 Å². The number of nitrogens with one attached hydrogen (secondary N) is 2. The summed E-state index contributed by atoms with van der Waals surface area (Å²) in [4.78, 5) is 3.25. The number of hydrogen-bond acceptors (Lipinski definition) is 1. The fourth-order valence-electron chi connectivity index (χ4n) is 0.925. The van der Waals surface area contributed by atoms with Gasteiger partial charge in [0.15, 0.2) is 0 Å². The molecule has 56 valence electrons. The molecule has 0 unspecified atom stereocenters. The molecule has 2 nitrogen and oxygen atoms in total. The fourth-order valence-corrected chi connectivity index (χ4v) is 0.925. The van der Waals surface area contributed by atoms with Gasteiger partial charge in [-0.3, -0.25) is 0 Å². The molecule has 0 spiro atoms. The molecule has 0 aliphatic carbocycles. The number of rotatable bonds is 3. The second kappa shape index (κ2) is 3.42. The summed E-state index contributed by atoms with van der Waals surface area (Å²) in [5, 5.41) is 3.25. The van der Waals surface area contributed by atoms with Crippen molar-refractivity contribution in [3.8, 4) is 0 Å². The van der Waals surface area contributed by atoms with Gasteiger partial charge >= 0.3 is 0 Å². The average Bonchev–Trinajstić information content (AvgIpc) is 2.31. The molecule has 0 fully saturated rings. The third-order valence-electron chi connectivity index (χ3n) is 1.46. The molecule has 0 aromatic carbocycles. The van der Waals surface area contributed by atoms with Crippen molar-refractivity contribution in [1.29, 1.82) is 0 Å². The molecular weight excluding hydrogens is 124 g/mol. The van der Waals surface area contributed by atoms with Gasteiger partial charge in [0.1, 0.15) is 0 Å². The van der Waals surface area contributed by atoms with Crippen molar-refractivity contribution in [3.05, 3.63) is 23.5 Å². The molecule has 1 aromatic rings. The van der Waals surface area contributed by atoms with Crippen molar-refractivity contribution in [2.45, 2.75) is 20.4 Å². The van der Waals surface area contributed by atoms with Crippen LogP contribution in [0.25, 0.3) is 0 Å². The lowest BCUT2D eigenvalue weighted by Gasteiger charge is -1.96. The highest BCUT2D eigenvalue weighted by atomic mass is 14.9. The number of aryl methyl sites for hydroxylation is 1. The minimum atomic E-state index is 0.949. The van der Waals surface area contributed by atoms with Crippen LogP contribution in [0.1, 0.15) is 18.3 Å². The smallest absolute Gasteiger partial charge is 0.0357 e. The number of hydrogen-bond donors (Lipinski definition) is 2. The lowest BCUT2D eigenvalue weighted by Crippen LogP contribution is -2.11. The Morgan fingerprint density at radius 2 is 2.30 bits per heavy atom. The van der Waals surface area contributed by atoms with Crippen LogP contribution in [0.15, 0.2) is 12.1 Å². The topological polar surface area (TPSA) is 27.8 Å². The largest absolute Gasteiger partial charge is 0.361 e. The molecule has 0 atom stereocenters. The summed E-state index contributed by atoms with van der Waals surface area (Å²) in [5.41, 5.74) is 2.49. The van der Waals surface area contributed by atoms with E-state index in [1.54, 1.807) is 0 Å². The predicted molar refractivity (Wildman–Crippen MR) is 42.9 cm³/mol. The van der Waals surface area contributed by atoms with Crippen LogP contribution in [0.5, 0.6) is 0 Å². The standard InChI is InChI=1S/C8H14N2/c1-3-9-6-8-5-4-7(2)10-8/h4-5,9-10H,3,6H2,1-2H3. The molecule has 0 aliphatic rings. The van der Waals surface area contributed by atoms with Crippen LogP contribution < -0.4 is 5.32 Å². The van der Waals surface area contributed by atoms with Gasteiger partial charge in [-0.15, -0.1) is 0 Å². The van der Waals surface area contributed by atoms with E-state index in [0.29, 0.717) is 0 Å². The van der Waals surface area contributed by atoms with Crippen molar-refractivity contribution in [3.63, 3.8) is 0 Å². The maximum Gasteiger partial charge on any atom is 0.0357 e. The average molecular weight is 138 g/mol. The highest BCUT2D eigenvalue weighted by Gasteiger charge is 1.91. The number of aromatic nitrogens is 1. The normalized spacial score (nSPS) is 10.2. The van der Waals surface area contributed by atoms with Gasteiger partial charge in [0.2, 0.25) is 0 Å². The quantitative estimate of drug-likeness (QED) is 0.649. The van der Waals surface area contributed by atoms with Gasteiger partial charge in [0.25, 0.3) is 0 Å². The third kappa shape index (κ3) is 1.88. The van der Waals surface area contributed by atoms with Crippen molar-refractivity contribution < 1.29 is 0 Å². The summed E-state index contributed by atoms with van der Waals surface area (Å²) in [6, 6.07) is 4.20. The predicted octanol–water partition coefficient (Wildman–Crippen LogP) is 1.43. The number of H-pyrrole nitrogens is 1. The molecule has 0 radical (unpaired) electrons. The first-order valence-corrected chi connectivity index (χ1v) is 3.68. The van der Waals surface area contributed by atoms with Gasteiger partial charge in [0, 0.05) is 17.9 Å². The summed E-state index contributed by atoms with van der Waals surface area (Å²) in [7, 11) is 0. The minimum absolute atomic E-state index is 0.949. The van der Waals surface area contributed by atoms with E-state index in [0.717, 1.165) is 13.1 Å². The first-order valence-electron chi connectivity index (χ1n) is 3.68. The van der Waals surface area contributed by atoms with Gasteiger partial charge in [-0.05, 0) is 25.6 Å². The lowest BCUT2D eigenvalue weighted by molar-refractivity contribution is 0.713. The molecule has 0 bridgehead atoms. The molecule has 2 N–H and O–H groups in total. The monoisotopic (exact) mass is 138 g/mol. The van der Waals surface area contributed by atoms with E-state index in [-0.39, 0.29) is 0 Å². The summed E-state index contributed by atoms with van der Waals surface area (Å²) >= 11 is 0. The molecule has 0 saturated heterocycles. The molecule has 0 amide bonds. The SMILES string of the molecule is CCNCc1ccc(C)[nH]1. The molecule has 1 aromatic heterocycles. The Balaban J connectivity index is 2.42. The first kappa shape index (κ1) is 7.35. The van der Waals surface area contributed by atoms with E-state index >= 15 is 0 Å². The fraction of sp³-hybridized carbons (Fsp3) is 0.500. The van der Waals surface area contributed by atoms with Crippen molar-refractivity contribution in [2.75, 3.05) is 6.54 Å². The zero-order valence-corrected chi connectivity index (χ0v) is 6.57. The van der Waals surface area contributed by atoms with Gasteiger partial charge in [-0.2, -0.15) is 0 Å². The first-order chi connectivity index (χ1) is 4.83. The Bertz CT molecular complexity index is 191. The minimum Gasteiger partial charge on any atom is -0.361 e. The van der Waals surface area contributed by atoms with Crippen molar-refractivity contribution >= 4 is 0 Å². The highest BCUT2D eigenvalue weighted by molar-refractivity contribution is 5.10. The molecule has 1 heterocycles. The number of aromatic amines is 1. The van der Waals surface area contributed by atoms with E-state index in [1.165, 1.54) is 11.4 Å². The Kier molecular flexibility index (Phi) is 2.51. The van der Waals surface area contributed by atoms with E-state index in [2.05, 4.69) is 36.3 Å². The van der Waals surface area contributed by atoms with E-state index < -0.39 is 0 Å². The van der Waals surface area contributed by atoms with Gasteiger partial charge in [-0.25, -0.2) is 0 Å². The third-order valence-corrected chi connectivity index (χ3v) is 1.46. The Labute approximate surface area is 61.7 Å². The van der Waals surface area contributed by atoms with Crippen LogP contribution in [-0.4, -0.2) is 11.5 Å². The maximum atomic E-state index is 3.25. The summed E-state index contributed by atoms with van der Waals surface area (Å²) in [5.74, 6) is 0. The molecule has 10 heavy (non-hydrogen) atoms. The Hall–Kier alpha value is -0.760. The van der Waals surface area contributed by atoms with Gasteiger partial charge in [0.05, 0.1) is 0 Å². The van der Waals surface area contributed by atoms with E-state index in [4.69, 9.17) is 0 Å². The molecule has 1 rings (SSSR count). The molecule has 0 saturated carbocycles. The van der Waals surface area contributed by atoms with Gasteiger partial charge in [-0.1, -0.05) is 6.92 Å². The van der Waals surface area contributed by atoms with Crippen molar-refractivity contribution in [1.82, 2.24) is 10.3 Å². The van der Waals surface area contributed by atoms with Crippen molar-refractivity contribution in [2.24, 2.45) is 0 Å². The Morgan fingerprint density at radius 3 is 2.80 bits per heavy atom. The zero-order chi connectivity index (χ0) is 7.40. The van der Waals surface area contributed by atoms with Crippen LogP contribution in [-0.2, 0) is 6.54 Å².